The van der Waals surface area contributed by atoms with Crippen molar-refractivity contribution in [3.8, 4) is 17.6 Å². The van der Waals surface area contributed by atoms with Crippen LogP contribution in [-0.2, 0) is 9.59 Å². The highest BCUT2D eigenvalue weighted by molar-refractivity contribution is 14.1. The minimum Gasteiger partial charge on any atom is -0.490 e. The molecule has 2 rings (SSSR count). The topological polar surface area (TPSA) is 109 Å². The van der Waals surface area contributed by atoms with E-state index in [1.165, 1.54) is 6.08 Å². The average molecular weight is 527 g/mol. The standard InChI is InChI=1S/C20H16ClIN2O5/c1-2-28-17-9-12(8-16(22)19(17)29-11-18(25)26)7-13(10-23)20(27)24-15-5-3-14(21)4-6-15/h3-9H,2,11H2,1H3,(H,24,27)(H,25,26)/b13-7+. The minimum absolute atomic E-state index is 0.114. The second-order valence-corrected chi connectivity index (χ2v) is 7.17. The summed E-state index contributed by atoms with van der Waals surface area (Å²) in [5.41, 5.74) is 0.920. The van der Waals surface area contributed by atoms with E-state index in [-0.39, 0.29) is 11.3 Å². The molecule has 0 aliphatic heterocycles. The van der Waals surface area contributed by atoms with E-state index in [1.807, 2.05) is 28.7 Å². The van der Waals surface area contributed by atoms with E-state index in [2.05, 4.69) is 5.32 Å². The fourth-order valence-corrected chi connectivity index (χ4v) is 3.16. The molecule has 0 saturated heterocycles. The summed E-state index contributed by atoms with van der Waals surface area (Å²) < 4.78 is 11.4. The molecule has 0 spiro atoms. The number of ether oxygens (including phenoxy) is 2. The van der Waals surface area contributed by atoms with Gasteiger partial charge in [0.15, 0.2) is 18.1 Å². The van der Waals surface area contributed by atoms with Crippen LogP contribution in [0.4, 0.5) is 5.69 Å². The Hall–Kier alpha value is -2.77. The van der Waals surface area contributed by atoms with E-state index in [0.29, 0.717) is 32.2 Å². The predicted octanol–water partition coefficient (Wildman–Crippen LogP) is 4.35. The molecule has 0 aliphatic carbocycles. The molecule has 0 fully saturated rings. The first-order valence-corrected chi connectivity index (χ1v) is 9.79. The highest BCUT2D eigenvalue weighted by atomic mass is 127. The summed E-state index contributed by atoms with van der Waals surface area (Å²) in [6.07, 6.45) is 1.41. The van der Waals surface area contributed by atoms with Gasteiger partial charge in [0, 0.05) is 10.7 Å². The van der Waals surface area contributed by atoms with Crippen LogP contribution in [0.25, 0.3) is 6.08 Å². The van der Waals surface area contributed by atoms with Crippen molar-refractivity contribution < 1.29 is 24.2 Å². The molecule has 0 heterocycles. The normalized spacial score (nSPS) is 10.8. The monoisotopic (exact) mass is 526 g/mol. The highest BCUT2D eigenvalue weighted by Gasteiger charge is 2.15. The summed E-state index contributed by atoms with van der Waals surface area (Å²) in [5, 5.41) is 21.4. The number of amides is 1. The number of hydrogen-bond donors (Lipinski definition) is 2. The second-order valence-electron chi connectivity index (χ2n) is 5.58. The number of halogens is 2. The molecule has 0 radical (unpaired) electrons. The van der Waals surface area contributed by atoms with Crippen LogP contribution in [-0.4, -0.2) is 30.2 Å². The zero-order valence-electron chi connectivity index (χ0n) is 15.2. The van der Waals surface area contributed by atoms with Gasteiger partial charge >= 0.3 is 5.97 Å². The van der Waals surface area contributed by atoms with Crippen molar-refractivity contribution in [3.63, 3.8) is 0 Å². The van der Waals surface area contributed by atoms with E-state index in [1.54, 1.807) is 43.3 Å². The van der Waals surface area contributed by atoms with Crippen LogP contribution in [0.2, 0.25) is 5.02 Å². The Morgan fingerprint density at radius 1 is 1.28 bits per heavy atom. The summed E-state index contributed by atoms with van der Waals surface area (Å²) in [6.45, 7) is 1.59. The second kappa shape index (κ2) is 10.7. The number of hydrogen-bond acceptors (Lipinski definition) is 5. The quantitative estimate of drug-likeness (QED) is 0.301. The first-order chi connectivity index (χ1) is 13.8. The Bertz CT molecular complexity index is 984. The van der Waals surface area contributed by atoms with Gasteiger partial charge < -0.3 is 19.9 Å². The molecule has 7 nitrogen and oxygen atoms in total. The SMILES string of the molecule is CCOc1cc(/C=C(\C#N)C(=O)Nc2ccc(Cl)cc2)cc(I)c1OCC(=O)O. The van der Waals surface area contributed by atoms with E-state index < -0.39 is 18.5 Å². The van der Waals surface area contributed by atoms with E-state index in [4.69, 9.17) is 26.2 Å². The maximum atomic E-state index is 12.4. The Balaban J connectivity index is 2.31. The maximum Gasteiger partial charge on any atom is 0.341 e. The van der Waals surface area contributed by atoms with E-state index in [0.717, 1.165) is 0 Å². The van der Waals surface area contributed by atoms with Crippen LogP contribution < -0.4 is 14.8 Å². The number of carbonyl (C=O) groups is 2. The summed E-state index contributed by atoms with van der Waals surface area (Å²) in [5.74, 6) is -1.08. The average Bonchev–Trinajstić information content (AvgIpc) is 2.67. The number of carboxylic acids is 1. The lowest BCUT2D eigenvalue weighted by molar-refractivity contribution is -0.139. The fourth-order valence-electron chi connectivity index (χ4n) is 2.26. The van der Waals surface area contributed by atoms with Gasteiger partial charge in [-0.15, -0.1) is 0 Å². The molecule has 150 valence electrons. The molecule has 0 atom stereocenters. The number of carboxylic acid groups (broad SMARTS) is 1. The Labute approximate surface area is 186 Å². The number of nitriles is 1. The van der Waals surface area contributed by atoms with Crippen LogP contribution >= 0.6 is 34.2 Å². The molecule has 29 heavy (non-hydrogen) atoms. The zero-order chi connectivity index (χ0) is 21.4. The van der Waals surface area contributed by atoms with Gasteiger partial charge in [-0.25, -0.2) is 4.79 Å². The molecular formula is C20H16ClIN2O5. The van der Waals surface area contributed by atoms with Gasteiger partial charge in [-0.3, -0.25) is 4.79 Å². The van der Waals surface area contributed by atoms with Crippen LogP contribution in [0.1, 0.15) is 12.5 Å². The van der Waals surface area contributed by atoms with Crippen molar-refractivity contribution in [2.45, 2.75) is 6.92 Å². The van der Waals surface area contributed by atoms with Gasteiger partial charge in [0.1, 0.15) is 11.6 Å². The van der Waals surface area contributed by atoms with Gasteiger partial charge in [0.2, 0.25) is 0 Å². The van der Waals surface area contributed by atoms with E-state index >= 15 is 0 Å². The predicted molar refractivity (Wildman–Crippen MR) is 117 cm³/mol. The summed E-state index contributed by atoms with van der Waals surface area (Å²) >= 11 is 7.79. The number of rotatable bonds is 8. The summed E-state index contributed by atoms with van der Waals surface area (Å²) in [4.78, 5) is 23.2. The number of carbonyl (C=O) groups excluding carboxylic acids is 1. The van der Waals surface area contributed by atoms with Crippen molar-refractivity contribution in [1.82, 2.24) is 0 Å². The lowest BCUT2D eigenvalue weighted by Gasteiger charge is -2.13. The highest BCUT2D eigenvalue weighted by Crippen LogP contribution is 2.35. The minimum atomic E-state index is -1.11. The summed E-state index contributed by atoms with van der Waals surface area (Å²) in [6, 6.07) is 11.6. The van der Waals surface area contributed by atoms with E-state index in [9.17, 15) is 14.9 Å². The van der Waals surface area contributed by atoms with Crippen LogP contribution in [0.15, 0.2) is 42.0 Å². The van der Waals surface area contributed by atoms with Gasteiger partial charge in [-0.05, 0) is 77.6 Å². The van der Waals surface area contributed by atoms with Gasteiger partial charge in [-0.2, -0.15) is 5.26 Å². The largest absolute Gasteiger partial charge is 0.490 e. The molecule has 2 N–H and O–H groups in total. The molecular weight excluding hydrogens is 511 g/mol. The Morgan fingerprint density at radius 3 is 2.55 bits per heavy atom. The van der Waals surface area contributed by atoms with Crippen molar-refractivity contribution in [2.75, 3.05) is 18.5 Å². The van der Waals surface area contributed by atoms with Crippen molar-refractivity contribution in [1.29, 1.82) is 5.26 Å². The molecule has 2 aromatic rings. The smallest absolute Gasteiger partial charge is 0.341 e. The number of nitrogens with one attached hydrogen (secondary N) is 1. The lowest BCUT2D eigenvalue weighted by Crippen LogP contribution is -2.13. The van der Waals surface area contributed by atoms with Crippen LogP contribution in [0, 0.1) is 14.9 Å². The van der Waals surface area contributed by atoms with Gasteiger partial charge in [0.25, 0.3) is 5.91 Å². The number of anilines is 1. The Kier molecular flexibility index (Phi) is 8.30. The van der Waals surface area contributed by atoms with Crippen molar-refractivity contribution in [2.24, 2.45) is 0 Å². The molecule has 2 aromatic carbocycles. The fraction of sp³-hybridized carbons (Fsp3) is 0.150. The lowest BCUT2D eigenvalue weighted by atomic mass is 10.1. The third kappa shape index (κ3) is 6.66. The number of nitrogens with zero attached hydrogens (tertiary/aromatic N) is 1. The molecule has 9 heteroatoms. The van der Waals surface area contributed by atoms with Crippen molar-refractivity contribution >= 4 is 57.8 Å². The molecule has 1 amide bonds. The summed E-state index contributed by atoms with van der Waals surface area (Å²) in [7, 11) is 0. The third-order valence-corrected chi connectivity index (χ3v) is 4.50. The van der Waals surface area contributed by atoms with Crippen LogP contribution in [0.5, 0.6) is 11.5 Å². The maximum absolute atomic E-state index is 12.4. The zero-order valence-corrected chi connectivity index (χ0v) is 18.2. The van der Waals surface area contributed by atoms with Crippen molar-refractivity contribution in [3.05, 3.63) is 56.1 Å². The van der Waals surface area contributed by atoms with Gasteiger partial charge in [-0.1, -0.05) is 11.6 Å². The number of aliphatic carboxylic acids is 1. The molecule has 0 saturated carbocycles. The Morgan fingerprint density at radius 2 is 1.97 bits per heavy atom. The first kappa shape index (κ1) is 22.5. The molecule has 0 bridgehead atoms. The molecule has 0 aromatic heterocycles. The van der Waals surface area contributed by atoms with Gasteiger partial charge in [0.05, 0.1) is 10.2 Å². The third-order valence-electron chi connectivity index (χ3n) is 3.45. The molecule has 0 unspecified atom stereocenters. The first-order valence-electron chi connectivity index (χ1n) is 8.33. The number of benzene rings is 2. The molecule has 0 aliphatic rings. The van der Waals surface area contributed by atoms with Crippen LogP contribution in [0.3, 0.4) is 0 Å².